The van der Waals surface area contributed by atoms with Crippen molar-refractivity contribution in [1.29, 1.82) is 0 Å². The number of benzene rings is 1. The van der Waals surface area contributed by atoms with Gasteiger partial charge in [0.1, 0.15) is 5.82 Å². The maximum Gasteiger partial charge on any atom is 0.254 e. The Hall–Kier alpha value is -2.76. The molecule has 1 aliphatic heterocycles. The Balaban J connectivity index is 1.74. The van der Waals surface area contributed by atoms with Crippen LogP contribution in [0.15, 0.2) is 42.6 Å². The van der Waals surface area contributed by atoms with Crippen LogP contribution in [-0.4, -0.2) is 53.8 Å². The second kappa shape index (κ2) is 8.31. The number of likely N-dealkylation sites (tertiary alicyclic amines) is 1. The van der Waals surface area contributed by atoms with E-state index in [1.165, 1.54) is 17.0 Å². The van der Waals surface area contributed by atoms with Crippen molar-refractivity contribution in [2.45, 2.75) is 38.0 Å². The molecule has 1 saturated heterocycles. The molecule has 1 atom stereocenters. The lowest BCUT2D eigenvalue weighted by Crippen LogP contribution is -2.47. The van der Waals surface area contributed by atoms with Gasteiger partial charge in [0.25, 0.3) is 5.91 Å². The molecule has 1 aliphatic rings. The van der Waals surface area contributed by atoms with Gasteiger partial charge in [0, 0.05) is 45.0 Å². The van der Waals surface area contributed by atoms with Crippen LogP contribution < -0.4 is 0 Å². The number of halogens is 1. The van der Waals surface area contributed by atoms with E-state index in [1.54, 1.807) is 38.5 Å². The zero-order valence-corrected chi connectivity index (χ0v) is 17.5. The summed E-state index contributed by atoms with van der Waals surface area (Å²) in [5.74, 6) is -0.212. The molecule has 5 nitrogen and oxygen atoms in total. The lowest BCUT2D eigenvalue weighted by Gasteiger charge is -2.37. The minimum atomic E-state index is -0.731. The Bertz CT molecular complexity index is 876. The van der Waals surface area contributed by atoms with E-state index in [-0.39, 0.29) is 23.5 Å². The molecule has 0 radical (unpaired) electrons. The first-order valence-electron chi connectivity index (χ1n) is 9.93. The van der Waals surface area contributed by atoms with E-state index in [1.807, 2.05) is 24.8 Å². The third-order valence-electron chi connectivity index (χ3n) is 5.67. The first kappa shape index (κ1) is 21.0. The van der Waals surface area contributed by atoms with Gasteiger partial charge in [0.2, 0.25) is 5.91 Å². The Labute approximate surface area is 171 Å². The number of carbonyl (C=O) groups excluding carboxylic acids is 2. The van der Waals surface area contributed by atoms with Crippen LogP contribution in [0.1, 0.15) is 54.2 Å². The van der Waals surface area contributed by atoms with E-state index < -0.39 is 5.41 Å². The van der Waals surface area contributed by atoms with E-state index in [2.05, 4.69) is 4.98 Å². The molecule has 2 aromatic rings. The highest BCUT2D eigenvalue weighted by Crippen LogP contribution is 2.31. The normalized spacial score (nSPS) is 17.1. The fourth-order valence-electron chi connectivity index (χ4n) is 3.82. The number of hydrogen-bond acceptors (Lipinski definition) is 3. The molecule has 154 valence electrons. The molecule has 1 fully saturated rings. The van der Waals surface area contributed by atoms with Crippen LogP contribution in [0.4, 0.5) is 4.39 Å². The number of nitrogens with zero attached hydrogens (tertiary/aromatic N) is 3. The zero-order valence-electron chi connectivity index (χ0n) is 17.5. The molecule has 0 aliphatic carbocycles. The van der Waals surface area contributed by atoms with Crippen molar-refractivity contribution in [3.8, 4) is 0 Å². The molecule has 0 N–H and O–H groups in total. The number of carbonyl (C=O) groups is 2. The molecule has 0 unspecified atom stereocenters. The van der Waals surface area contributed by atoms with Crippen molar-refractivity contribution in [1.82, 2.24) is 14.8 Å². The van der Waals surface area contributed by atoms with Crippen molar-refractivity contribution in [3.63, 3.8) is 0 Å². The van der Waals surface area contributed by atoms with Gasteiger partial charge < -0.3 is 9.80 Å². The monoisotopic (exact) mass is 397 g/mol. The summed E-state index contributed by atoms with van der Waals surface area (Å²) >= 11 is 0. The number of piperidine rings is 1. The molecule has 2 amide bonds. The van der Waals surface area contributed by atoms with Crippen LogP contribution >= 0.6 is 0 Å². The minimum Gasteiger partial charge on any atom is -0.345 e. The Morgan fingerprint density at radius 2 is 1.83 bits per heavy atom. The highest BCUT2D eigenvalue weighted by Gasteiger charge is 2.36. The van der Waals surface area contributed by atoms with Gasteiger partial charge in [0.15, 0.2) is 0 Å². The summed E-state index contributed by atoms with van der Waals surface area (Å²) in [7, 11) is 3.42. The number of aromatic nitrogens is 1. The lowest BCUT2D eigenvalue weighted by atomic mass is 9.82. The zero-order chi connectivity index (χ0) is 21.2. The predicted molar refractivity (Wildman–Crippen MR) is 110 cm³/mol. The van der Waals surface area contributed by atoms with Crippen molar-refractivity contribution in [2.75, 3.05) is 27.2 Å². The van der Waals surface area contributed by atoms with Gasteiger partial charge in [0.05, 0.1) is 11.0 Å². The number of pyridine rings is 1. The van der Waals surface area contributed by atoms with Crippen LogP contribution in [0.5, 0.6) is 0 Å². The fraction of sp³-hybridized carbons (Fsp3) is 0.435. The molecule has 2 heterocycles. The van der Waals surface area contributed by atoms with Crippen molar-refractivity contribution in [3.05, 3.63) is 65.2 Å². The molecule has 3 rings (SSSR count). The lowest BCUT2D eigenvalue weighted by molar-refractivity contribution is -0.137. The van der Waals surface area contributed by atoms with Crippen LogP contribution in [0, 0.1) is 5.82 Å². The molecular formula is C23H28FN3O2. The second-order valence-electron chi connectivity index (χ2n) is 8.39. The topological polar surface area (TPSA) is 53.5 Å². The molecular weight excluding hydrogens is 369 g/mol. The molecule has 1 aromatic carbocycles. The summed E-state index contributed by atoms with van der Waals surface area (Å²) in [6, 6.07) is 9.83. The number of hydrogen-bond donors (Lipinski definition) is 0. The molecule has 1 aromatic heterocycles. The van der Waals surface area contributed by atoms with Gasteiger partial charge in [-0.25, -0.2) is 4.39 Å². The maximum atomic E-state index is 13.3. The molecule has 29 heavy (non-hydrogen) atoms. The highest BCUT2D eigenvalue weighted by atomic mass is 19.1. The van der Waals surface area contributed by atoms with E-state index in [0.717, 1.165) is 24.1 Å². The standard InChI is InChI=1S/C23H28FN3O2/c1-23(2,18-8-10-19(24)11-9-18)22(29)27-13-5-6-17(15-27)20-12-7-16(14-25-20)21(28)26(3)4/h7-12,14,17H,5-6,13,15H2,1-4H3/t17-/m1/s1. The summed E-state index contributed by atoms with van der Waals surface area (Å²) in [6.07, 6.45) is 3.46. The van der Waals surface area contributed by atoms with Crippen LogP contribution in [0.2, 0.25) is 0 Å². The van der Waals surface area contributed by atoms with E-state index >= 15 is 0 Å². The minimum absolute atomic E-state index is 0.0354. The summed E-state index contributed by atoms with van der Waals surface area (Å²) in [5, 5.41) is 0. The van der Waals surface area contributed by atoms with Crippen molar-refractivity contribution in [2.24, 2.45) is 0 Å². The summed E-state index contributed by atoms with van der Waals surface area (Å²) in [5.41, 5.74) is 1.53. The van der Waals surface area contributed by atoms with Crippen LogP contribution in [0.3, 0.4) is 0 Å². The smallest absolute Gasteiger partial charge is 0.254 e. The van der Waals surface area contributed by atoms with Crippen molar-refractivity contribution >= 4 is 11.8 Å². The average molecular weight is 397 g/mol. The fourth-order valence-corrected chi connectivity index (χ4v) is 3.82. The van der Waals surface area contributed by atoms with E-state index in [4.69, 9.17) is 0 Å². The third-order valence-corrected chi connectivity index (χ3v) is 5.67. The maximum absolute atomic E-state index is 13.3. The second-order valence-corrected chi connectivity index (χ2v) is 8.39. The quantitative estimate of drug-likeness (QED) is 0.792. The van der Waals surface area contributed by atoms with Crippen LogP contribution in [0.25, 0.3) is 0 Å². The van der Waals surface area contributed by atoms with Gasteiger partial charge >= 0.3 is 0 Å². The third kappa shape index (κ3) is 4.47. The first-order valence-corrected chi connectivity index (χ1v) is 9.93. The van der Waals surface area contributed by atoms with Gasteiger partial charge in [-0.2, -0.15) is 0 Å². The Kier molecular flexibility index (Phi) is 6.01. The van der Waals surface area contributed by atoms with E-state index in [0.29, 0.717) is 18.7 Å². The van der Waals surface area contributed by atoms with Crippen molar-refractivity contribution < 1.29 is 14.0 Å². The SMILES string of the molecule is CN(C)C(=O)c1ccc([C@@H]2CCCN(C(=O)C(C)(C)c3ccc(F)cc3)C2)nc1. The van der Waals surface area contributed by atoms with Gasteiger partial charge in [-0.3, -0.25) is 14.6 Å². The average Bonchev–Trinajstić information content (AvgIpc) is 2.73. The molecule has 0 saturated carbocycles. The molecule has 0 spiro atoms. The van der Waals surface area contributed by atoms with Gasteiger partial charge in [-0.15, -0.1) is 0 Å². The van der Waals surface area contributed by atoms with Crippen LogP contribution in [-0.2, 0) is 10.2 Å². The number of rotatable bonds is 4. The Morgan fingerprint density at radius 1 is 1.14 bits per heavy atom. The summed E-state index contributed by atoms with van der Waals surface area (Å²) < 4.78 is 13.3. The largest absolute Gasteiger partial charge is 0.345 e. The first-order chi connectivity index (χ1) is 13.7. The predicted octanol–water partition coefficient (Wildman–Crippen LogP) is 3.61. The van der Waals surface area contributed by atoms with Gasteiger partial charge in [-0.05, 0) is 56.5 Å². The summed E-state index contributed by atoms with van der Waals surface area (Å²) in [6.45, 7) is 5.06. The summed E-state index contributed by atoms with van der Waals surface area (Å²) in [4.78, 5) is 33.2. The number of amides is 2. The van der Waals surface area contributed by atoms with Gasteiger partial charge in [-0.1, -0.05) is 12.1 Å². The Morgan fingerprint density at radius 3 is 2.41 bits per heavy atom. The highest BCUT2D eigenvalue weighted by molar-refractivity contribution is 5.93. The van der Waals surface area contributed by atoms with E-state index in [9.17, 15) is 14.0 Å². The molecule has 0 bridgehead atoms. The molecule has 6 heteroatoms.